The highest BCUT2D eigenvalue weighted by atomic mass is 32.2. The lowest BCUT2D eigenvalue weighted by Gasteiger charge is -2.29. The Bertz CT molecular complexity index is 325. The van der Waals surface area contributed by atoms with E-state index in [1.54, 1.807) is 6.92 Å². The minimum atomic E-state index is -3.23. The Labute approximate surface area is 90.1 Å². The number of carboxylic acids is 1. The molecule has 0 aromatic heterocycles. The zero-order valence-corrected chi connectivity index (χ0v) is 9.66. The van der Waals surface area contributed by atoms with E-state index in [0.29, 0.717) is 25.8 Å². The summed E-state index contributed by atoms with van der Waals surface area (Å²) in [4.78, 5) is 10.8. The highest BCUT2D eigenvalue weighted by Crippen LogP contribution is 2.19. The Hall–Kier alpha value is -0.620. The first-order valence-electron chi connectivity index (χ1n) is 5.18. The fourth-order valence-corrected chi connectivity index (χ4v) is 3.37. The van der Waals surface area contributed by atoms with Crippen LogP contribution in [0.25, 0.3) is 0 Å². The van der Waals surface area contributed by atoms with Crippen LogP contribution in [0.1, 0.15) is 26.2 Å². The number of sulfonamides is 1. The van der Waals surface area contributed by atoms with Gasteiger partial charge in [-0.2, -0.15) is 0 Å². The summed E-state index contributed by atoms with van der Waals surface area (Å²) in [6, 6.07) is 0. The lowest BCUT2D eigenvalue weighted by atomic mass is 10.0. The van der Waals surface area contributed by atoms with Gasteiger partial charge in [0, 0.05) is 13.1 Å². The van der Waals surface area contributed by atoms with Gasteiger partial charge in [-0.3, -0.25) is 4.79 Å². The summed E-state index contributed by atoms with van der Waals surface area (Å²) in [6.07, 6.45) is 1.78. The average molecular weight is 235 g/mol. The average Bonchev–Trinajstić information content (AvgIpc) is 2.18. The van der Waals surface area contributed by atoms with Gasteiger partial charge in [0.05, 0.1) is 11.7 Å². The molecular weight excluding hydrogens is 218 g/mol. The Morgan fingerprint density at radius 3 is 2.73 bits per heavy atom. The normalized spacial score (nSPS) is 23.9. The van der Waals surface area contributed by atoms with Gasteiger partial charge in [0.15, 0.2) is 0 Å². The van der Waals surface area contributed by atoms with Gasteiger partial charge in [-0.15, -0.1) is 0 Å². The predicted octanol–water partition coefficient (Wildman–Crippen LogP) is 0.523. The number of carbonyl (C=O) groups is 1. The van der Waals surface area contributed by atoms with E-state index in [0.717, 1.165) is 0 Å². The molecule has 1 rings (SSSR count). The molecule has 1 aliphatic rings. The fourth-order valence-electron chi connectivity index (χ4n) is 1.78. The van der Waals surface area contributed by atoms with Crippen LogP contribution in [0.2, 0.25) is 0 Å². The number of carboxylic acid groups (broad SMARTS) is 1. The molecule has 0 aromatic rings. The first-order chi connectivity index (χ1) is 6.97. The van der Waals surface area contributed by atoms with Crippen molar-refractivity contribution in [3.05, 3.63) is 0 Å². The Morgan fingerprint density at radius 1 is 1.53 bits per heavy atom. The molecule has 1 fully saturated rings. The maximum absolute atomic E-state index is 11.7. The minimum Gasteiger partial charge on any atom is -0.481 e. The minimum absolute atomic E-state index is 0.110. The molecule has 1 saturated heterocycles. The standard InChI is InChI=1S/C9H17NO4S/c1-2-6-15(13,14)10-5-3-4-8(7-10)9(11)12/h8H,2-7H2,1H3,(H,11,12)/t8-/m1/s1. The van der Waals surface area contributed by atoms with Gasteiger partial charge in [0.2, 0.25) is 10.0 Å². The number of aliphatic carboxylic acids is 1. The number of piperidine rings is 1. The highest BCUT2D eigenvalue weighted by molar-refractivity contribution is 7.89. The van der Waals surface area contributed by atoms with Gasteiger partial charge < -0.3 is 5.11 Å². The summed E-state index contributed by atoms with van der Waals surface area (Å²) in [5, 5.41) is 8.83. The SMILES string of the molecule is CCCS(=O)(=O)N1CCC[C@@H](C(=O)O)C1. The molecule has 0 unspecified atom stereocenters. The van der Waals surface area contributed by atoms with Crippen LogP contribution >= 0.6 is 0 Å². The van der Waals surface area contributed by atoms with Crippen molar-refractivity contribution in [1.29, 1.82) is 0 Å². The van der Waals surface area contributed by atoms with Crippen molar-refractivity contribution in [3.8, 4) is 0 Å². The highest BCUT2D eigenvalue weighted by Gasteiger charge is 2.31. The van der Waals surface area contributed by atoms with E-state index >= 15 is 0 Å². The van der Waals surface area contributed by atoms with Crippen molar-refractivity contribution in [2.24, 2.45) is 5.92 Å². The summed E-state index contributed by atoms with van der Waals surface area (Å²) in [5.74, 6) is -1.32. The molecule has 0 amide bonds. The molecule has 0 spiro atoms. The maximum Gasteiger partial charge on any atom is 0.307 e. The molecule has 0 bridgehead atoms. The summed E-state index contributed by atoms with van der Waals surface area (Å²) >= 11 is 0. The van der Waals surface area contributed by atoms with Crippen molar-refractivity contribution in [2.75, 3.05) is 18.8 Å². The molecule has 0 radical (unpaired) electrons. The third-order valence-electron chi connectivity index (χ3n) is 2.59. The van der Waals surface area contributed by atoms with Crippen molar-refractivity contribution in [2.45, 2.75) is 26.2 Å². The van der Waals surface area contributed by atoms with Crippen LogP contribution in [0.5, 0.6) is 0 Å². The zero-order chi connectivity index (χ0) is 11.5. The van der Waals surface area contributed by atoms with Crippen LogP contribution < -0.4 is 0 Å². The molecular formula is C9H17NO4S. The molecule has 1 heterocycles. The monoisotopic (exact) mass is 235 g/mol. The van der Waals surface area contributed by atoms with Crippen LogP contribution in [-0.2, 0) is 14.8 Å². The summed E-state index contributed by atoms with van der Waals surface area (Å²) in [7, 11) is -3.23. The summed E-state index contributed by atoms with van der Waals surface area (Å²) in [5.41, 5.74) is 0. The van der Waals surface area contributed by atoms with Crippen LogP contribution in [0.4, 0.5) is 0 Å². The van der Waals surface area contributed by atoms with E-state index in [2.05, 4.69) is 0 Å². The second-order valence-electron chi connectivity index (χ2n) is 3.85. The van der Waals surface area contributed by atoms with E-state index in [9.17, 15) is 13.2 Å². The van der Waals surface area contributed by atoms with Gasteiger partial charge >= 0.3 is 5.97 Å². The summed E-state index contributed by atoms with van der Waals surface area (Å²) in [6.45, 7) is 2.40. The Morgan fingerprint density at radius 2 is 2.20 bits per heavy atom. The number of rotatable bonds is 4. The lowest BCUT2D eigenvalue weighted by molar-refractivity contribution is -0.142. The van der Waals surface area contributed by atoms with E-state index in [-0.39, 0.29) is 12.3 Å². The van der Waals surface area contributed by atoms with Crippen molar-refractivity contribution in [1.82, 2.24) is 4.31 Å². The predicted molar refractivity (Wildman–Crippen MR) is 56.0 cm³/mol. The topological polar surface area (TPSA) is 74.7 Å². The van der Waals surface area contributed by atoms with E-state index in [1.165, 1.54) is 4.31 Å². The van der Waals surface area contributed by atoms with Crippen molar-refractivity contribution >= 4 is 16.0 Å². The molecule has 1 atom stereocenters. The van der Waals surface area contributed by atoms with Gasteiger partial charge in [-0.1, -0.05) is 6.92 Å². The smallest absolute Gasteiger partial charge is 0.307 e. The third kappa shape index (κ3) is 3.17. The van der Waals surface area contributed by atoms with Crippen molar-refractivity contribution in [3.63, 3.8) is 0 Å². The molecule has 15 heavy (non-hydrogen) atoms. The molecule has 6 heteroatoms. The second kappa shape index (κ2) is 4.94. The van der Waals surface area contributed by atoms with Crippen molar-refractivity contribution < 1.29 is 18.3 Å². The molecule has 1 aliphatic heterocycles. The van der Waals surface area contributed by atoms with Crippen LogP contribution in [0, 0.1) is 5.92 Å². The number of nitrogens with zero attached hydrogens (tertiary/aromatic N) is 1. The first-order valence-corrected chi connectivity index (χ1v) is 6.79. The van der Waals surface area contributed by atoms with Gasteiger partial charge in [0.1, 0.15) is 0 Å². The van der Waals surface area contributed by atoms with Crippen LogP contribution in [0.15, 0.2) is 0 Å². The molecule has 0 aliphatic carbocycles. The second-order valence-corrected chi connectivity index (χ2v) is 5.94. The molecule has 1 N–H and O–H groups in total. The van der Waals surface area contributed by atoms with Gasteiger partial charge in [0.25, 0.3) is 0 Å². The van der Waals surface area contributed by atoms with Gasteiger partial charge in [-0.25, -0.2) is 12.7 Å². The Balaban J connectivity index is 2.67. The fraction of sp³-hybridized carbons (Fsp3) is 0.889. The first kappa shape index (κ1) is 12.4. The number of hydrogen-bond acceptors (Lipinski definition) is 3. The largest absolute Gasteiger partial charge is 0.481 e. The zero-order valence-electron chi connectivity index (χ0n) is 8.85. The maximum atomic E-state index is 11.7. The lowest BCUT2D eigenvalue weighted by Crippen LogP contribution is -2.43. The Kier molecular flexibility index (Phi) is 4.10. The molecule has 88 valence electrons. The van der Waals surface area contributed by atoms with E-state index in [1.807, 2.05) is 0 Å². The molecule has 0 aromatic carbocycles. The third-order valence-corrected chi connectivity index (χ3v) is 4.63. The van der Waals surface area contributed by atoms with Gasteiger partial charge in [-0.05, 0) is 19.3 Å². The summed E-state index contributed by atoms with van der Waals surface area (Å²) < 4.78 is 24.7. The quantitative estimate of drug-likeness (QED) is 0.771. The molecule has 0 saturated carbocycles. The molecule has 5 nitrogen and oxygen atoms in total. The van der Waals surface area contributed by atoms with Crippen LogP contribution in [0.3, 0.4) is 0 Å². The van der Waals surface area contributed by atoms with Crippen LogP contribution in [-0.4, -0.2) is 42.6 Å². The van der Waals surface area contributed by atoms with E-state index in [4.69, 9.17) is 5.11 Å². The number of hydrogen-bond donors (Lipinski definition) is 1. The van der Waals surface area contributed by atoms with E-state index < -0.39 is 21.9 Å².